The van der Waals surface area contributed by atoms with E-state index in [1.54, 1.807) is 30.3 Å². The summed E-state index contributed by atoms with van der Waals surface area (Å²) in [5, 5.41) is 5.72. The fourth-order valence-electron chi connectivity index (χ4n) is 2.90. The predicted molar refractivity (Wildman–Crippen MR) is 127 cm³/mol. The van der Waals surface area contributed by atoms with E-state index >= 15 is 0 Å². The Morgan fingerprint density at radius 1 is 0.812 bits per heavy atom. The average Bonchev–Trinajstić information content (AvgIpc) is 2.72. The summed E-state index contributed by atoms with van der Waals surface area (Å²) >= 11 is 6.00. The van der Waals surface area contributed by atoms with E-state index in [1.165, 1.54) is 37.3 Å². The number of carbonyl (C=O) groups is 2. The summed E-state index contributed by atoms with van der Waals surface area (Å²) in [6, 6.07) is 15.6. The quantitative estimate of drug-likeness (QED) is 0.472. The van der Waals surface area contributed by atoms with Crippen molar-refractivity contribution in [1.82, 2.24) is 0 Å². The molecular weight excluding hydrogens is 450 g/mol. The molecule has 0 fully saturated rings. The summed E-state index contributed by atoms with van der Waals surface area (Å²) in [5.74, 6) is -0.731. The van der Waals surface area contributed by atoms with Crippen molar-refractivity contribution in [2.45, 2.75) is 25.7 Å². The van der Waals surface area contributed by atoms with Crippen molar-refractivity contribution in [1.29, 1.82) is 0 Å². The van der Waals surface area contributed by atoms with E-state index in [2.05, 4.69) is 15.4 Å². The zero-order valence-corrected chi connectivity index (χ0v) is 19.3. The van der Waals surface area contributed by atoms with Gasteiger partial charge < -0.3 is 10.6 Å². The molecule has 3 aromatic rings. The number of hydrogen-bond acceptors (Lipinski definition) is 4. The maximum Gasteiger partial charge on any atom is 0.261 e. The first-order valence-electron chi connectivity index (χ1n) is 9.64. The van der Waals surface area contributed by atoms with Crippen LogP contribution in [0.3, 0.4) is 0 Å². The Morgan fingerprint density at radius 3 is 2.12 bits per heavy atom. The molecule has 0 atom stereocenters. The molecule has 0 saturated heterocycles. The lowest BCUT2D eigenvalue weighted by Gasteiger charge is -2.13. The average molecular weight is 472 g/mol. The standard InChI is InChI=1S/C23H22ClN3O4S/c1-14-4-10-20(12-15(14)2)32(30,31)27-19-8-5-17(6-9-19)23(29)26-22-13-18(24)7-11-21(22)25-16(3)28/h4-13,27H,1-3H3,(H,25,28)(H,26,29). The third-order valence-electron chi connectivity index (χ3n) is 4.73. The number of benzene rings is 3. The van der Waals surface area contributed by atoms with Gasteiger partial charge in [-0.1, -0.05) is 17.7 Å². The molecule has 0 heterocycles. The third kappa shape index (κ3) is 5.66. The lowest BCUT2D eigenvalue weighted by atomic mass is 10.1. The molecule has 32 heavy (non-hydrogen) atoms. The van der Waals surface area contributed by atoms with Crippen molar-refractivity contribution < 1.29 is 18.0 Å². The van der Waals surface area contributed by atoms with Gasteiger partial charge in [0, 0.05) is 23.2 Å². The fraction of sp³-hybridized carbons (Fsp3) is 0.130. The van der Waals surface area contributed by atoms with Crippen molar-refractivity contribution in [3.8, 4) is 0 Å². The van der Waals surface area contributed by atoms with Crippen molar-refractivity contribution in [3.63, 3.8) is 0 Å². The topological polar surface area (TPSA) is 104 Å². The Balaban J connectivity index is 1.76. The highest BCUT2D eigenvalue weighted by Crippen LogP contribution is 2.27. The first-order chi connectivity index (χ1) is 15.0. The van der Waals surface area contributed by atoms with Crippen LogP contribution in [-0.2, 0) is 14.8 Å². The van der Waals surface area contributed by atoms with Gasteiger partial charge in [-0.25, -0.2) is 8.42 Å². The molecule has 0 unspecified atom stereocenters. The summed E-state index contributed by atoms with van der Waals surface area (Å²) in [6.07, 6.45) is 0. The molecule has 9 heteroatoms. The number of aryl methyl sites for hydroxylation is 2. The van der Waals surface area contributed by atoms with Crippen LogP contribution in [0.25, 0.3) is 0 Å². The number of carbonyl (C=O) groups excluding carboxylic acids is 2. The summed E-state index contributed by atoms with van der Waals surface area (Å²) in [5.41, 5.74) is 3.25. The highest BCUT2D eigenvalue weighted by Gasteiger charge is 2.16. The minimum atomic E-state index is -3.76. The molecule has 3 N–H and O–H groups in total. The highest BCUT2D eigenvalue weighted by atomic mass is 35.5. The molecule has 0 saturated carbocycles. The number of rotatable bonds is 6. The molecule has 0 aliphatic rings. The number of nitrogens with one attached hydrogen (secondary N) is 3. The van der Waals surface area contributed by atoms with Crippen LogP contribution in [-0.4, -0.2) is 20.2 Å². The van der Waals surface area contributed by atoms with Crippen LogP contribution in [0.5, 0.6) is 0 Å². The Hall–Kier alpha value is -3.36. The number of sulfonamides is 1. The summed E-state index contributed by atoms with van der Waals surface area (Å²) < 4.78 is 27.8. The zero-order chi connectivity index (χ0) is 23.5. The van der Waals surface area contributed by atoms with Gasteiger partial charge in [0.15, 0.2) is 0 Å². The predicted octanol–water partition coefficient (Wildman–Crippen LogP) is 4.97. The highest BCUT2D eigenvalue weighted by molar-refractivity contribution is 7.92. The molecular formula is C23H22ClN3O4S. The maximum atomic E-state index is 12.6. The van der Waals surface area contributed by atoms with Crippen LogP contribution in [0.15, 0.2) is 65.6 Å². The third-order valence-corrected chi connectivity index (χ3v) is 6.34. The van der Waals surface area contributed by atoms with E-state index in [1.807, 2.05) is 13.8 Å². The Bertz CT molecular complexity index is 1290. The SMILES string of the molecule is CC(=O)Nc1ccc(Cl)cc1NC(=O)c1ccc(NS(=O)(=O)c2ccc(C)c(C)c2)cc1. The van der Waals surface area contributed by atoms with Crippen LogP contribution in [0.4, 0.5) is 17.1 Å². The lowest BCUT2D eigenvalue weighted by molar-refractivity contribution is -0.114. The van der Waals surface area contributed by atoms with E-state index in [0.717, 1.165) is 11.1 Å². The molecule has 3 aromatic carbocycles. The van der Waals surface area contributed by atoms with Gasteiger partial charge in [0.05, 0.1) is 16.3 Å². The lowest BCUT2D eigenvalue weighted by Crippen LogP contribution is -2.16. The molecule has 0 bridgehead atoms. The Morgan fingerprint density at radius 2 is 1.50 bits per heavy atom. The molecule has 0 aromatic heterocycles. The van der Waals surface area contributed by atoms with Gasteiger partial charge in [-0.15, -0.1) is 0 Å². The zero-order valence-electron chi connectivity index (χ0n) is 17.7. The number of halogens is 1. The molecule has 0 aliphatic heterocycles. The maximum absolute atomic E-state index is 12.6. The van der Waals surface area contributed by atoms with Crippen LogP contribution < -0.4 is 15.4 Å². The minimum Gasteiger partial charge on any atom is -0.325 e. The van der Waals surface area contributed by atoms with Gasteiger partial charge in [0.1, 0.15) is 0 Å². The fourth-order valence-corrected chi connectivity index (χ4v) is 4.21. The summed E-state index contributed by atoms with van der Waals surface area (Å²) in [4.78, 5) is 24.2. The monoisotopic (exact) mass is 471 g/mol. The first-order valence-corrected chi connectivity index (χ1v) is 11.5. The van der Waals surface area contributed by atoms with Crippen molar-refractivity contribution >= 4 is 50.5 Å². The number of anilines is 3. The van der Waals surface area contributed by atoms with Crippen LogP contribution in [0.2, 0.25) is 5.02 Å². The second-order valence-corrected chi connectivity index (χ2v) is 9.37. The molecule has 7 nitrogen and oxygen atoms in total. The van der Waals surface area contributed by atoms with Crippen LogP contribution in [0, 0.1) is 13.8 Å². The van der Waals surface area contributed by atoms with Gasteiger partial charge >= 0.3 is 0 Å². The van der Waals surface area contributed by atoms with Crippen LogP contribution in [0.1, 0.15) is 28.4 Å². The van der Waals surface area contributed by atoms with Crippen LogP contribution >= 0.6 is 11.6 Å². The van der Waals surface area contributed by atoms with Crippen molar-refractivity contribution in [3.05, 3.63) is 82.4 Å². The Labute approximate surface area is 191 Å². The first kappa shape index (κ1) is 23.3. The smallest absolute Gasteiger partial charge is 0.261 e. The summed E-state index contributed by atoms with van der Waals surface area (Å²) in [7, 11) is -3.76. The molecule has 2 amide bonds. The molecule has 0 spiro atoms. The van der Waals surface area contributed by atoms with Gasteiger partial charge in [-0.3, -0.25) is 14.3 Å². The summed E-state index contributed by atoms with van der Waals surface area (Å²) in [6.45, 7) is 5.11. The number of hydrogen-bond donors (Lipinski definition) is 3. The molecule has 0 radical (unpaired) electrons. The minimum absolute atomic E-state index is 0.161. The largest absolute Gasteiger partial charge is 0.325 e. The second-order valence-electron chi connectivity index (χ2n) is 7.25. The molecule has 3 rings (SSSR count). The van der Waals surface area contributed by atoms with E-state index in [0.29, 0.717) is 27.6 Å². The normalized spacial score (nSPS) is 11.0. The number of amides is 2. The van der Waals surface area contributed by atoms with E-state index in [9.17, 15) is 18.0 Å². The molecule has 0 aliphatic carbocycles. The van der Waals surface area contributed by atoms with E-state index in [4.69, 9.17) is 11.6 Å². The second kappa shape index (κ2) is 9.42. The Kier molecular flexibility index (Phi) is 6.86. The molecule has 166 valence electrons. The van der Waals surface area contributed by atoms with Gasteiger partial charge in [0.2, 0.25) is 5.91 Å². The van der Waals surface area contributed by atoms with Gasteiger partial charge in [0.25, 0.3) is 15.9 Å². The van der Waals surface area contributed by atoms with Gasteiger partial charge in [-0.05, 0) is 79.6 Å². The van der Waals surface area contributed by atoms with Gasteiger partial charge in [-0.2, -0.15) is 0 Å². The van der Waals surface area contributed by atoms with E-state index < -0.39 is 15.9 Å². The van der Waals surface area contributed by atoms with Crippen molar-refractivity contribution in [2.75, 3.05) is 15.4 Å². The van der Waals surface area contributed by atoms with Crippen molar-refractivity contribution in [2.24, 2.45) is 0 Å². The van der Waals surface area contributed by atoms with E-state index in [-0.39, 0.29) is 10.8 Å².